The van der Waals surface area contributed by atoms with Crippen molar-refractivity contribution in [1.29, 1.82) is 0 Å². The maximum Gasteiger partial charge on any atom is 0.187 e. The first kappa shape index (κ1) is 11.6. The summed E-state index contributed by atoms with van der Waals surface area (Å²) in [6.45, 7) is 1.49. The second kappa shape index (κ2) is 4.84. The zero-order chi connectivity index (χ0) is 10.7. The van der Waals surface area contributed by atoms with Gasteiger partial charge in [0, 0.05) is 11.1 Å². The van der Waals surface area contributed by atoms with Gasteiger partial charge in [-0.25, -0.2) is 0 Å². The molecule has 1 aromatic rings. The molecule has 0 N–H and O–H groups in total. The molecule has 0 amide bonds. The molecule has 1 rings (SSSR count). The molecule has 0 radical (unpaired) electrons. The van der Waals surface area contributed by atoms with Crippen LogP contribution in [0.25, 0.3) is 0 Å². The van der Waals surface area contributed by atoms with E-state index in [-0.39, 0.29) is 15.3 Å². The minimum Gasteiger partial charge on any atom is -0.295 e. The fraction of sp³-hybridized carbons (Fsp3) is 0.200. The quantitative estimate of drug-likeness (QED) is 0.633. The molecule has 4 heteroatoms. The predicted molar refractivity (Wildman–Crippen MR) is 62.4 cm³/mol. The van der Waals surface area contributed by atoms with E-state index in [4.69, 9.17) is 0 Å². The van der Waals surface area contributed by atoms with Crippen molar-refractivity contribution in [3.8, 4) is 0 Å². The highest BCUT2D eigenvalue weighted by Crippen LogP contribution is 2.16. The maximum absolute atomic E-state index is 11.4. The Kier molecular flexibility index (Phi) is 4.01. The topological polar surface area (TPSA) is 34.1 Å². The standard InChI is InChI=1S/C10H8Br2O2/c1-6(13)7-2-4-8(5-3-7)9(14)10(11)12/h2-5,10H,1H3. The molecule has 14 heavy (non-hydrogen) atoms. The average molecular weight is 320 g/mol. The van der Waals surface area contributed by atoms with Crippen LogP contribution in [0, 0.1) is 0 Å². The summed E-state index contributed by atoms with van der Waals surface area (Å²) in [5, 5.41) is 0. The first-order valence-corrected chi connectivity index (χ1v) is 5.79. The number of rotatable bonds is 3. The molecule has 0 saturated heterocycles. The molecule has 0 unspecified atom stereocenters. The third-order valence-electron chi connectivity index (χ3n) is 1.77. The van der Waals surface area contributed by atoms with Crippen molar-refractivity contribution in [2.75, 3.05) is 0 Å². The van der Waals surface area contributed by atoms with Crippen LogP contribution in [0.3, 0.4) is 0 Å². The average Bonchev–Trinajstić information content (AvgIpc) is 2.16. The molecule has 0 aliphatic rings. The summed E-state index contributed by atoms with van der Waals surface area (Å²) in [7, 11) is 0. The SMILES string of the molecule is CC(=O)c1ccc(C(=O)C(Br)Br)cc1. The molecule has 0 aliphatic carbocycles. The van der Waals surface area contributed by atoms with Crippen LogP contribution in [0.15, 0.2) is 24.3 Å². The molecule has 0 heterocycles. The first-order chi connectivity index (χ1) is 6.52. The molecular formula is C10H8Br2O2. The van der Waals surface area contributed by atoms with E-state index in [1.165, 1.54) is 6.92 Å². The van der Waals surface area contributed by atoms with E-state index >= 15 is 0 Å². The minimum absolute atomic E-state index is 0.00164. The van der Waals surface area contributed by atoms with Crippen molar-refractivity contribution in [1.82, 2.24) is 0 Å². The Hall–Kier alpha value is -0.480. The van der Waals surface area contributed by atoms with Gasteiger partial charge in [0.15, 0.2) is 11.6 Å². The van der Waals surface area contributed by atoms with E-state index in [1.54, 1.807) is 24.3 Å². The molecule has 1 aromatic carbocycles. The normalized spacial score (nSPS) is 10.3. The summed E-state index contributed by atoms with van der Waals surface area (Å²) in [6, 6.07) is 6.60. The van der Waals surface area contributed by atoms with Gasteiger partial charge in [-0.05, 0) is 6.92 Å². The number of alkyl halides is 2. The summed E-state index contributed by atoms with van der Waals surface area (Å²) in [4.78, 5) is 22.4. The van der Waals surface area contributed by atoms with E-state index in [2.05, 4.69) is 31.9 Å². The zero-order valence-corrected chi connectivity index (χ0v) is 10.6. The monoisotopic (exact) mass is 318 g/mol. The third-order valence-corrected chi connectivity index (χ3v) is 2.61. The maximum atomic E-state index is 11.4. The number of Topliss-reactive ketones (excluding diaryl/α,β-unsaturated/α-hetero) is 2. The van der Waals surface area contributed by atoms with Crippen molar-refractivity contribution >= 4 is 43.4 Å². The van der Waals surface area contributed by atoms with Crippen molar-refractivity contribution in [3.63, 3.8) is 0 Å². The molecule has 2 nitrogen and oxygen atoms in total. The van der Waals surface area contributed by atoms with E-state index in [0.717, 1.165) is 0 Å². The number of carbonyl (C=O) groups is 2. The van der Waals surface area contributed by atoms with Gasteiger partial charge in [-0.2, -0.15) is 0 Å². The lowest BCUT2D eigenvalue weighted by molar-refractivity contribution is 0.100. The van der Waals surface area contributed by atoms with Crippen molar-refractivity contribution < 1.29 is 9.59 Å². The number of halogens is 2. The summed E-state index contributed by atoms with van der Waals surface area (Å²) < 4.78 is -0.377. The van der Waals surface area contributed by atoms with Crippen LogP contribution in [0.2, 0.25) is 0 Å². The summed E-state index contributed by atoms with van der Waals surface area (Å²) >= 11 is 6.25. The fourth-order valence-corrected chi connectivity index (χ4v) is 1.52. The fourth-order valence-electron chi connectivity index (χ4n) is 0.995. The minimum atomic E-state index is -0.377. The van der Waals surface area contributed by atoms with Gasteiger partial charge in [0.05, 0.1) is 0 Å². The molecule has 0 aromatic heterocycles. The number of benzene rings is 1. The highest BCUT2D eigenvalue weighted by Gasteiger charge is 2.13. The van der Waals surface area contributed by atoms with Crippen LogP contribution in [0.4, 0.5) is 0 Å². The van der Waals surface area contributed by atoms with Crippen molar-refractivity contribution in [2.24, 2.45) is 0 Å². The van der Waals surface area contributed by atoms with E-state index in [9.17, 15) is 9.59 Å². The molecule has 0 saturated carbocycles. The molecule has 0 atom stereocenters. The third kappa shape index (κ3) is 2.75. The van der Waals surface area contributed by atoms with Crippen molar-refractivity contribution in [2.45, 2.75) is 10.7 Å². The highest BCUT2D eigenvalue weighted by atomic mass is 79.9. The number of hydrogen-bond donors (Lipinski definition) is 0. The van der Waals surface area contributed by atoms with Crippen molar-refractivity contribution in [3.05, 3.63) is 35.4 Å². The van der Waals surface area contributed by atoms with Gasteiger partial charge in [0.1, 0.15) is 3.74 Å². The molecule has 0 bridgehead atoms. The Morgan fingerprint density at radius 1 is 1.07 bits per heavy atom. The molecule has 74 valence electrons. The van der Waals surface area contributed by atoms with E-state index in [1.807, 2.05) is 0 Å². The Labute approximate surface area is 98.9 Å². The summed E-state index contributed by atoms with van der Waals surface area (Å²) in [5.41, 5.74) is 1.19. The Morgan fingerprint density at radius 3 is 1.86 bits per heavy atom. The second-order valence-corrected chi connectivity index (χ2v) is 5.86. The number of hydrogen-bond acceptors (Lipinski definition) is 2. The number of ketones is 2. The number of carbonyl (C=O) groups excluding carboxylic acids is 2. The van der Waals surface area contributed by atoms with Gasteiger partial charge in [-0.15, -0.1) is 0 Å². The second-order valence-electron chi connectivity index (χ2n) is 2.80. The van der Waals surface area contributed by atoms with Crippen LogP contribution in [0.5, 0.6) is 0 Å². The lowest BCUT2D eigenvalue weighted by Crippen LogP contribution is -2.07. The Morgan fingerprint density at radius 2 is 1.50 bits per heavy atom. The van der Waals surface area contributed by atoms with Gasteiger partial charge in [-0.1, -0.05) is 56.1 Å². The van der Waals surface area contributed by atoms with Gasteiger partial charge < -0.3 is 0 Å². The van der Waals surface area contributed by atoms with Gasteiger partial charge in [-0.3, -0.25) is 9.59 Å². The predicted octanol–water partition coefficient (Wildman–Crippen LogP) is 3.19. The van der Waals surface area contributed by atoms with Crippen LogP contribution < -0.4 is 0 Å². The molecule has 0 fully saturated rings. The first-order valence-electron chi connectivity index (χ1n) is 3.95. The molecule has 0 aliphatic heterocycles. The van der Waals surface area contributed by atoms with Gasteiger partial charge >= 0.3 is 0 Å². The lowest BCUT2D eigenvalue weighted by Gasteiger charge is -2.01. The van der Waals surface area contributed by atoms with Crippen LogP contribution in [-0.2, 0) is 0 Å². The Bertz CT molecular complexity index is 355. The van der Waals surface area contributed by atoms with Crippen LogP contribution in [-0.4, -0.2) is 15.3 Å². The lowest BCUT2D eigenvalue weighted by atomic mass is 10.1. The smallest absolute Gasteiger partial charge is 0.187 e. The van der Waals surface area contributed by atoms with Gasteiger partial charge in [0.25, 0.3) is 0 Å². The largest absolute Gasteiger partial charge is 0.295 e. The van der Waals surface area contributed by atoms with Crippen LogP contribution in [0.1, 0.15) is 27.6 Å². The summed E-state index contributed by atoms with van der Waals surface area (Å²) in [6.07, 6.45) is 0. The Balaban J connectivity index is 2.94. The highest BCUT2D eigenvalue weighted by molar-refractivity contribution is 9.25. The summed E-state index contributed by atoms with van der Waals surface area (Å²) in [5.74, 6) is -0.0571. The van der Waals surface area contributed by atoms with Gasteiger partial charge in [0.2, 0.25) is 0 Å². The van der Waals surface area contributed by atoms with Crippen LogP contribution >= 0.6 is 31.9 Å². The molecular weight excluding hydrogens is 312 g/mol. The van der Waals surface area contributed by atoms with E-state index in [0.29, 0.717) is 11.1 Å². The zero-order valence-electron chi connectivity index (χ0n) is 7.46. The molecule has 0 spiro atoms. The van der Waals surface area contributed by atoms with E-state index < -0.39 is 0 Å².